The molecule has 0 unspecified atom stereocenters. The minimum absolute atomic E-state index is 0.121. The lowest BCUT2D eigenvalue weighted by atomic mass is 9.71. The molecule has 46 heavy (non-hydrogen) atoms. The number of amides is 2. The Morgan fingerprint density at radius 3 is 2.41 bits per heavy atom. The highest BCUT2D eigenvalue weighted by Gasteiger charge is 2.65. The number of nitrogens with zero attached hydrogens (tertiary/aromatic N) is 5. The van der Waals surface area contributed by atoms with E-state index in [1.54, 1.807) is 34.5 Å². The summed E-state index contributed by atoms with van der Waals surface area (Å²) in [6.45, 7) is 7.07. The molecule has 1 aromatic heterocycles. The molecule has 0 aliphatic carbocycles. The molecule has 10 nitrogen and oxygen atoms in total. The monoisotopic (exact) mass is 621 g/mol. The van der Waals surface area contributed by atoms with Gasteiger partial charge >= 0.3 is 0 Å². The topological polar surface area (TPSA) is 121 Å². The maximum absolute atomic E-state index is 14.6. The number of hydrogen-bond donors (Lipinski definition) is 2. The number of β-lactam (4-membered cyclic amide) rings is 1. The van der Waals surface area contributed by atoms with Crippen molar-refractivity contribution >= 4 is 23.2 Å². The Labute approximate surface area is 268 Å². The zero-order valence-corrected chi connectivity index (χ0v) is 26.3. The van der Waals surface area contributed by atoms with Gasteiger partial charge in [-0.1, -0.05) is 72.8 Å². The van der Waals surface area contributed by atoms with Crippen LogP contribution in [0.2, 0.25) is 0 Å². The number of hydrogen-bond acceptors (Lipinski definition) is 7. The molecule has 2 N–H and O–H groups in total. The Bertz CT molecular complexity index is 1750. The highest BCUT2D eigenvalue weighted by molar-refractivity contribution is 6.07. The second kappa shape index (κ2) is 11.5. The van der Waals surface area contributed by atoms with Crippen LogP contribution >= 0.6 is 0 Å². The molecule has 4 heterocycles. The molecule has 2 saturated heterocycles. The molecule has 10 heteroatoms. The quantitative estimate of drug-likeness (QED) is 0.267. The number of anilines is 2. The van der Waals surface area contributed by atoms with E-state index in [1.165, 1.54) is 0 Å². The van der Waals surface area contributed by atoms with Crippen molar-refractivity contribution in [3.05, 3.63) is 107 Å². The summed E-state index contributed by atoms with van der Waals surface area (Å²) in [4.78, 5) is 30.0. The van der Waals surface area contributed by atoms with Gasteiger partial charge in [-0.3, -0.25) is 14.3 Å². The van der Waals surface area contributed by atoms with E-state index in [4.69, 9.17) is 4.74 Å². The van der Waals surface area contributed by atoms with Crippen LogP contribution in [0.4, 0.5) is 11.4 Å². The van der Waals surface area contributed by atoms with Crippen molar-refractivity contribution in [2.75, 3.05) is 16.3 Å². The van der Waals surface area contributed by atoms with Gasteiger partial charge in [-0.25, -0.2) is 0 Å². The van der Waals surface area contributed by atoms with Gasteiger partial charge in [0, 0.05) is 42.6 Å². The third kappa shape index (κ3) is 5.01. The van der Waals surface area contributed by atoms with Crippen molar-refractivity contribution < 1.29 is 24.5 Å². The number of para-hydroxylation sites is 1. The van der Waals surface area contributed by atoms with Gasteiger partial charge in [-0.05, 0) is 49.6 Å². The number of aliphatic hydroxyl groups is 2. The third-order valence-electron chi connectivity index (χ3n) is 9.92. The van der Waals surface area contributed by atoms with E-state index in [0.717, 1.165) is 34.6 Å². The summed E-state index contributed by atoms with van der Waals surface area (Å²) < 4.78 is 8.57. The Balaban J connectivity index is 1.14. The molecule has 7 rings (SSSR count). The van der Waals surface area contributed by atoms with E-state index in [9.17, 15) is 19.8 Å². The van der Waals surface area contributed by atoms with Crippen molar-refractivity contribution in [2.24, 2.45) is 11.8 Å². The lowest BCUT2D eigenvalue weighted by Gasteiger charge is -2.34. The fourth-order valence-corrected chi connectivity index (χ4v) is 7.62. The molecule has 0 saturated carbocycles. The first-order chi connectivity index (χ1) is 22.1. The van der Waals surface area contributed by atoms with Crippen LogP contribution in [0.15, 0.2) is 85.1 Å². The van der Waals surface area contributed by atoms with Gasteiger partial charge in [0.1, 0.15) is 11.8 Å². The van der Waals surface area contributed by atoms with Gasteiger partial charge in [-0.15, -0.1) is 5.10 Å². The van der Waals surface area contributed by atoms with Crippen LogP contribution in [-0.4, -0.2) is 55.3 Å². The number of aryl methyl sites for hydroxylation is 1. The first-order valence-electron chi connectivity index (χ1n) is 15.9. The molecule has 2 amide bonds. The number of rotatable bonds is 9. The highest BCUT2D eigenvalue weighted by Crippen LogP contribution is 2.58. The van der Waals surface area contributed by atoms with Gasteiger partial charge < -0.3 is 24.7 Å². The van der Waals surface area contributed by atoms with E-state index >= 15 is 0 Å². The summed E-state index contributed by atoms with van der Waals surface area (Å²) in [5, 5.41) is 30.7. The van der Waals surface area contributed by atoms with Crippen LogP contribution in [0.3, 0.4) is 0 Å². The Kier molecular flexibility index (Phi) is 7.54. The van der Waals surface area contributed by atoms with Crippen LogP contribution in [0.5, 0.6) is 0 Å². The van der Waals surface area contributed by atoms with Crippen molar-refractivity contribution in [3.63, 3.8) is 0 Å². The number of fused-ring (bicyclic) bond motifs is 2. The fraction of sp³-hybridized carbons (Fsp3) is 0.389. The van der Waals surface area contributed by atoms with Gasteiger partial charge in [0.25, 0.3) is 5.91 Å². The number of benzene rings is 3. The van der Waals surface area contributed by atoms with E-state index in [0.29, 0.717) is 31.6 Å². The van der Waals surface area contributed by atoms with Crippen LogP contribution in [0.1, 0.15) is 62.1 Å². The Morgan fingerprint density at radius 2 is 1.74 bits per heavy atom. The molecule has 0 radical (unpaired) electrons. The van der Waals surface area contributed by atoms with E-state index < -0.39 is 23.4 Å². The fourth-order valence-electron chi connectivity index (χ4n) is 7.62. The number of aliphatic hydroxyl groups excluding tert-OH is 1. The van der Waals surface area contributed by atoms with Crippen molar-refractivity contribution in [3.8, 4) is 0 Å². The molecule has 3 aromatic carbocycles. The van der Waals surface area contributed by atoms with Gasteiger partial charge in [0.15, 0.2) is 5.60 Å². The maximum atomic E-state index is 14.6. The average Bonchev–Trinajstić information content (AvgIpc) is 3.71. The van der Waals surface area contributed by atoms with Crippen LogP contribution < -0.4 is 9.80 Å². The largest absolute Gasteiger partial charge is 0.390 e. The first kappa shape index (κ1) is 30.3. The zero-order chi connectivity index (χ0) is 32.2. The summed E-state index contributed by atoms with van der Waals surface area (Å²) in [6.07, 6.45) is 1.44. The van der Waals surface area contributed by atoms with Crippen LogP contribution in [-0.2, 0) is 33.0 Å². The van der Waals surface area contributed by atoms with Gasteiger partial charge in [0.05, 0.1) is 30.1 Å². The molecule has 4 aromatic rings. The molecule has 3 aliphatic heterocycles. The third-order valence-corrected chi connectivity index (χ3v) is 9.92. The predicted molar refractivity (Wildman–Crippen MR) is 172 cm³/mol. The van der Waals surface area contributed by atoms with E-state index in [2.05, 4.69) is 10.3 Å². The molecule has 2 fully saturated rings. The standard InChI is InChI=1S/C36H39N5O5/c1-23-32(35(2,3)45)30(17-19-39-22-28(37-38-39)33(43)25-9-5-4-6-10-25)46-36(23)27-11-7-8-12-29(27)41(34(36)44)21-24-13-15-26(16-14-24)40-20-18-31(40)42/h4-16,22-23,30,32-33,43,45H,17-21H2,1-3H3/t23-,30+,32-,33+,36+/m0/s1. The summed E-state index contributed by atoms with van der Waals surface area (Å²) >= 11 is 0. The smallest absolute Gasteiger partial charge is 0.264 e. The minimum Gasteiger partial charge on any atom is -0.390 e. The summed E-state index contributed by atoms with van der Waals surface area (Å²) in [6, 6.07) is 24.9. The van der Waals surface area contributed by atoms with Gasteiger partial charge in [-0.2, -0.15) is 0 Å². The molecular weight excluding hydrogens is 582 g/mol. The SMILES string of the molecule is C[C@H]1[C@H](C(C)(C)O)[C@@H](CCn2cc([C@H](O)c3ccccc3)nn2)O[C@]12C(=O)N(Cc1ccc(N3CCC3=O)cc1)c1ccccc12. The van der Waals surface area contributed by atoms with Crippen molar-refractivity contribution in [1.82, 2.24) is 15.0 Å². The predicted octanol–water partition coefficient (Wildman–Crippen LogP) is 4.35. The lowest BCUT2D eigenvalue weighted by molar-refractivity contribution is -0.146. The van der Waals surface area contributed by atoms with E-state index in [-0.39, 0.29) is 23.7 Å². The van der Waals surface area contributed by atoms with Gasteiger partial charge in [0.2, 0.25) is 5.91 Å². The summed E-state index contributed by atoms with van der Waals surface area (Å²) in [5.74, 6) is -0.706. The maximum Gasteiger partial charge on any atom is 0.264 e. The molecule has 1 spiro atoms. The van der Waals surface area contributed by atoms with E-state index in [1.807, 2.05) is 85.8 Å². The van der Waals surface area contributed by atoms with Crippen LogP contribution in [0, 0.1) is 11.8 Å². The van der Waals surface area contributed by atoms with Crippen molar-refractivity contribution in [2.45, 2.75) is 70.1 Å². The molecular formula is C36H39N5O5. The molecule has 5 atom stereocenters. The second-order valence-corrected chi connectivity index (χ2v) is 13.2. The zero-order valence-electron chi connectivity index (χ0n) is 26.3. The summed E-state index contributed by atoms with van der Waals surface area (Å²) in [5.41, 5.74) is 2.21. The highest BCUT2D eigenvalue weighted by atomic mass is 16.5. The van der Waals surface area contributed by atoms with Crippen LogP contribution in [0.25, 0.3) is 0 Å². The molecule has 0 bridgehead atoms. The number of carbonyl (C=O) groups is 2. The molecule has 238 valence electrons. The Hall–Kier alpha value is -4.38. The lowest BCUT2D eigenvalue weighted by Crippen LogP contribution is -2.46. The second-order valence-electron chi connectivity index (χ2n) is 13.2. The first-order valence-corrected chi connectivity index (χ1v) is 15.9. The number of ether oxygens (including phenoxy) is 1. The minimum atomic E-state index is -1.26. The number of aromatic nitrogens is 3. The Morgan fingerprint density at radius 1 is 1.02 bits per heavy atom. The normalized spacial score (nSPS) is 24.8. The molecule has 3 aliphatic rings. The summed E-state index contributed by atoms with van der Waals surface area (Å²) in [7, 11) is 0. The van der Waals surface area contributed by atoms with Crippen molar-refractivity contribution in [1.29, 1.82) is 0 Å². The number of carbonyl (C=O) groups excluding carboxylic acids is 2. The average molecular weight is 622 g/mol.